The molecule has 1 saturated heterocycles. The van der Waals surface area contributed by atoms with Crippen LogP contribution in [0.2, 0.25) is 0 Å². The zero-order valence-electron chi connectivity index (χ0n) is 14.9. The first kappa shape index (κ1) is 18.0. The first-order chi connectivity index (χ1) is 11.9. The van der Waals surface area contributed by atoms with Crippen LogP contribution in [0.5, 0.6) is 0 Å². The predicted octanol–water partition coefficient (Wildman–Crippen LogP) is 0.885. The van der Waals surface area contributed by atoms with Crippen LogP contribution in [0.15, 0.2) is 12.5 Å². The number of rotatable bonds is 6. The number of hydrogen-bond donors (Lipinski definition) is 2. The smallest absolute Gasteiger partial charge is 0.222 e. The number of aromatic nitrogens is 4. The van der Waals surface area contributed by atoms with Gasteiger partial charge in [-0.2, -0.15) is 4.98 Å². The number of nitrogens with zero attached hydrogens (tertiary/aromatic N) is 4. The number of fused-ring (bicyclic) bond motifs is 1. The average Bonchev–Trinajstić information content (AvgIpc) is 3.07. The molecule has 138 valence electrons. The molecule has 3 N–H and O–H groups in total. The molecule has 0 radical (unpaired) electrons. The van der Waals surface area contributed by atoms with Gasteiger partial charge in [-0.05, 0) is 27.7 Å². The Balaban J connectivity index is 1.88. The summed E-state index contributed by atoms with van der Waals surface area (Å²) in [6.07, 6.45) is 0.603. The van der Waals surface area contributed by atoms with Gasteiger partial charge in [-0.3, -0.25) is 4.57 Å². The number of nitrogens with two attached hydrogens (primary N) is 1. The third-order valence-corrected chi connectivity index (χ3v) is 3.94. The van der Waals surface area contributed by atoms with Crippen molar-refractivity contribution in [2.45, 2.75) is 64.4 Å². The second-order valence-corrected chi connectivity index (χ2v) is 6.68. The van der Waals surface area contributed by atoms with E-state index in [0.29, 0.717) is 17.8 Å². The largest absolute Gasteiger partial charge is 0.386 e. The van der Waals surface area contributed by atoms with Gasteiger partial charge < -0.3 is 25.1 Å². The summed E-state index contributed by atoms with van der Waals surface area (Å²) in [5.74, 6) is 0.136. The molecule has 3 rings (SSSR count). The van der Waals surface area contributed by atoms with Crippen molar-refractivity contribution >= 4 is 17.1 Å². The van der Waals surface area contributed by atoms with Crippen LogP contribution < -0.4 is 5.73 Å². The van der Waals surface area contributed by atoms with E-state index in [1.165, 1.54) is 6.20 Å². The van der Waals surface area contributed by atoms with Gasteiger partial charge >= 0.3 is 0 Å². The van der Waals surface area contributed by atoms with Crippen molar-refractivity contribution in [3.05, 3.63) is 12.5 Å². The average molecular weight is 351 g/mol. The van der Waals surface area contributed by atoms with E-state index in [9.17, 15) is 5.11 Å². The number of hydrogen-bond acceptors (Lipinski definition) is 8. The third kappa shape index (κ3) is 3.74. The summed E-state index contributed by atoms with van der Waals surface area (Å²) in [5, 5.41) is 10.8. The summed E-state index contributed by atoms with van der Waals surface area (Å²) in [6.45, 7) is 8.06. The molecule has 0 aromatic carbocycles. The van der Waals surface area contributed by atoms with Gasteiger partial charge in [-0.15, -0.1) is 0 Å². The molecule has 4 unspecified atom stereocenters. The van der Waals surface area contributed by atoms with Crippen LogP contribution in [0.4, 0.5) is 5.95 Å². The highest BCUT2D eigenvalue weighted by Gasteiger charge is 2.46. The minimum absolute atomic E-state index is 0.0546. The molecule has 1 aliphatic rings. The fourth-order valence-electron chi connectivity index (χ4n) is 2.88. The maximum absolute atomic E-state index is 10.8. The van der Waals surface area contributed by atoms with Crippen LogP contribution >= 0.6 is 0 Å². The number of anilines is 1. The Morgan fingerprint density at radius 3 is 2.72 bits per heavy atom. The Labute approximate surface area is 146 Å². The molecule has 0 bridgehead atoms. The highest BCUT2D eigenvalue weighted by atomic mass is 16.6. The summed E-state index contributed by atoms with van der Waals surface area (Å²) in [5.41, 5.74) is 6.76. The van der Waals surface area contributed by atoms with Crippen molar-refractivity contribution in [3.8, 4) is 0 Å². The Bertz CT molecular complexity index is 720. The quantitative estimate of drug-likeness (QED) is 0.788. The zero-order chi connectivity index (χ0) is 18.1. The highest BCUT2D eigenvalue weighted by molar-refractivity contribution is 5.70. The van der Waals surface area contributed by atoms with Crippen LogP contribution in [0, 0.1) is 0 Å². The van der Waals surface area contributed by atoms with E-state index in [2.05, 4.69) is 15.0 Å². The summed E-state index contributed by atoms with van der Waals surface area (Å²) in [4.78, 5) is 12.4. The van der Waals surface area contributed by atoms with E-state index in [-0.39, 0.29) is 18.2 Å². The molecule has 25 heavy (non-hydrogen) atoms. The summed E-state index contributed by atoms with van der Waals surface area (Å²) in [6, 6.07) is 0. The molecule has 3 heterocycles. The lowest BCUT2D eigenvalue weighted by Crippen LogP contribution is -2.38. The molecule has 2 aromatic rings. The number of ether oxygens (including phenoxy) is 3. The molecule has 1 fully saturated rings. The normalized spacial score (nSPS) is 27.0. The van der Waals surface area contributed by atoms with Crippen LogP contribution in [-0.4, -0.2) is 61.8 Å². The fourth-order valence-corrected chi connectivity index (χ4v) is 2.88. The van der Waals surface area contributed by atoms with Gasteiger partial charge in [0.25, 0.3) is 0 Å². The number of aliphatic hydroxyl groups excluding tert-OH is 1. The van der Waals surface area contributed by atoms with Crippen molar-refractivity contribution in [1.82, 2.24) is 19.5 Å². The standard InChI is InChI=1S/C16H25N5O4/c1-8(2)23-6-11-13(24-9(3)4)12(22)15(25-11)21-7-19-10-5-18-16(17)20-14(10)21/h5,7-9,11-13,15,22H,6H2,1-4H3,(H2,17,18,20). The summed E-state index contributed by atoms with van der Waals surface area (Å²) < 4.78 is 19.3. The topological polar surface area (TPSA) is 118 Å². The second kappa shape index (κ2) is 7.20. The second-order valence-electron chi connectivity index (χ2n) is 6.68. The van der Waals surface area contributed by atoms with Gasteiger partial charge in [0.1, 0.15) is 23.8 Å². The third-order valence-electron chi connectivity index (χ3n) is 3.94. The van der Waals surface area contributed by atoms with Gasteiger partial charge in [0.05, 0.1) is 31.3 Å². The van der Waals surface area contributed by atoms with E-state index in [4.69, 9.17) is 19.9 Å². The first-order valence-corrected chi connectivity index (χ1v) is 8.42. The predicted molar refractivity (Wildman–Crippen MR) is 90.7 cm³/mol. The molecule has 2 aromatic heterocycles. The van der Waals surface area contributed by atoms with Gasteiger partial charge in [0.2, 0.25) is 5.95 Å². The monoisotopic (exact) mass is 351 g/mol. The first-order valence-electron chi connectivity index (χ1n) is 8.42. The van der Waals surface area contributed by atoms with E-state index < -0.39 is 24.5 Å². The minimum atomic E-state index is -0.892. The zero-order valence-corrected chi connectivity index (χ0v) is 14.9. The molecular formula is C16H25N5O4. The molecule has 1 aliphatic heterocycles. The Kier molecular flexibility index (Phi) is 5.19. The van der Waals surface area contributed by atoms with Crippen LogP contribution in [0.1, 0.15) is 33.9 Å². The van der Waals surface area contributed by atoms with E-state index in [1.807, 2.05) is 27.7 Å². The van der Waals surface area contributed by atoms with Crippen LogP contribution in [0.3, 0.4) is 0 Å². The van der Waals surface area contributed by atoms with Crippen LogP contribution in [-0.2, 0) is 14.2 Å². The van der Waals surface area contributed by atoms with Gasteiger partial charge in [0, 0.05) is 0 Å². The molecule has 0 amide bonds. The maximum Gasteiger partial charge on any atom is 0.222 e. The maximum atomic E-state index is 10.8. The van der Waals surface area contributed by atoms with Crippen molar-refractivity contribution < 1.29 is 19.3 Å². The number of aliphatic hydroxyl groups is 1. The van der Waals surface area contributed by atoms with Gasteiger partial charge in [-0.1, -0.05) is 0 Å². The molecular weight excluding hydrogens is 326 g/mol. The molecule has 0 spiro atoms. The minimum Gasteiger partial charge on any atom is -0.386 e. The van der Waals surface area contributed by atoms with Crippen LogP contribution in [0.25, 0.3) is 11.2 Å². The van der Waals surface area contributed by atoms with Crippen molar-refractivity contribution in [1.29, 1.82) is 0 Å². The SMILES string of the molecule is CC(C)OCC1OC(n2cnc3cnc(N)nc32)C(O)C1OC(C)C. The lowest BCUT2D eigenvalue weighted by molar-refractivity contribution is -0.0973. The molecule has 9 heteroatoms. The molecule has 9 nitrogen and oxygen atoms in total. The molecule has 4 atom stereocenters. The summed E-state index contributed by atoms with van der Waals surface area (Å²) >= 11 is 0. The molecule has 0 saturated carbocycles. The van der Waals surface area contributed by atoms with Crippen molar-refractivity contribution in [2.24, 2.45) is 0 Å². The van der Waals surface area contributed by atoms with Crippen molar-refractivity contribution in [2.75, 3.05) is 12.3 Å². The molecule has 0 aliphatic carbocycles. The van der Waals surface area contributed by atoms with E-state index in [0.717, 1.165) is 0 Å². The van der Waals surface area contributed by atoms with Gasteiger partial charge in [-0.25, -0.2) is 9.97 Å². The number of imidazole rings is 1. The fraction of sp³-hybridized carbons (Fsp3) is 0.688. The Morgan fingerprint density at radius 1 is 1.28 bits per heavy atom. The van der Waals surface area contributed by atoms with E-state index in [1.54, 1.807) is 10.9 Å². The van der Waals surface area contributed by atoms with Gasteiger partial charge in [0.15, 0.2) is 11.9 Å². The van der Waals surface area contributed by atoms with E-state index >= 15 is 0 Å². The number of nitrogen functional groups attached to an aromatic ring is 1. The Hall–Kier alpha value is -1.81. The lowest BCUT2D eigenvalue weighted by Gasteiger charge is -2.23. The highest BCUT2D eigenvalue weighted by Crippen LogP contribution is 2.34. The summed E-state index contributed by atoms with van der Waals surface area (Å²) in [7, 11) is 0. The lowest BCUT2D eigenvalue weighted by atomic mass is 10.1. The Morgan fingerprint density at radius 2 is 2.04 bits per heavy atom. The van der Waals surface area contributed by atoms with Crippen molar-refractivity contribution in [3.63, 3.8) is 0 Å².